The fourth-order valence-electron chi connectivity index (χ4n) is 2.56. The van der Waals surface area contributed by atoms with Gasteiger partial charge >= 0.3 is 0 Å². The zero-order valence-electron chi connectivity index (χ0n) is 15.4. The lowest BCUT2D eigenvalue weighted by molar-refractivity contribution is -0.105. The van der Waals surface area contributed by atoms with Crippen molar-refractivity contribution in [1.82, 2.24) is 5.32 Å². The molecule has 0 unspecified atom stereocenters. The predicted molar refractivity (Wildman–Crippen MR) is 104 cm³/mol. The summed E-state index contributed by atoms with van der Waals surface area (Å²) in [6.45, 7) is 2.41. The van der Waals surface area contributed by atoms with Crippen LogP contribution in [0.2, 0.25) is 0 Å². The summed E-state index contributed by atoms with van der Waals surface area (Å²) in [5.74, 6) is 0.788. The van der Waals surface area contributed by atoms with Gasteiger partial charge in [0.15, 0.2) is 0 Å². The number of nitrogens with one attached hydrogen (secondary N) is 2. The molecule has 27 heavy (non-hydrogen) atoms. The maximum atomic E-state index is 10.5. The third-order valence-electron chi connectivity index (χ3n) is 3.98. The molecule has 2 rings (SSSR count). The average molecular weight is 380 g/mol. The molecule has 8 N–H and O–H groups in total. The van der Waals surface area contributed by atoms with Crippen LogP contribution in [-0.2, 0) is 11.2 Å². The second-order valence-corrected chi connectivity index (χ2v) is 5.92. The van der Waals surface area contributed by atoms with Gasteiger partial charge in [0.1, 0.15) is 11.5 Å². The minimum absolute atomic E-state index is 0. The molecule has 0 radical (unpaired) electrons. The van der Waals surface area contributed by atoms with Gasteiger partial charge in [-0.15, -0.1) is 0 Å². The minimum atomic E-state index is -0.744. The molecule has 2 aromatic carbocycles. The molecule has 0 spiro atoms. The summed E-state index contributed by atoms with van der Waals surface area (Å²) in [4.78, 5) is 10.5. The van der Waals surface area contributed by atoms with Crippen LogP contribution in [0.5, 0.6) is 11.5 Å². The number of aliphatic hydroxyl groups excluding tert-OH is 1. The quantitative estimate of drug-likeness (QED) is 0.370. The molecular weight excluding hydrogens is 352 g/mol. The van der Waals surface area contributed by atoms with Gasteiger partial charge in [-0.1, -0.05) is 18.2 Å². The summed E-state index contributed by atoms with van der Waals surface area (Å²) in [6, 6.07) is 12.7. The fraction of sp³-hybridized carbons (Fsp3) is 0.316. The molecule has 0 aliphatic heterocycles. The first-order valence-electron chi connectivity index (χ1n) is 8.11. The van der Waals surface area contributed by atoms with Crippen molar-refractivity contribution in [2.75, 3.05) is 19.0 Å². The molecule has 0 heterocycles. The van der Waals surface area contributed by atoms with E-state index in [4.69, 9.17) is 4.74 Å². The van der Waals surface area contributed by atoms with Gasteiger partial charge in [-0.2, -0.15) is 0 Å². The summed E-state index contributed by atoms with van der Waals surface area (Å²) >= 11 is 0. The molecule has 0 saturated carbocycles. The minimum Gasteiger partial charge on any atom is -0.506 e. The van der Waals surface area contributed by atoms with Gasteiger partial charge in [0, 0.05) is 12.6 Å². The zero-order valence-corrected chi connectivity index (χ0v) is 15.4. The number of benzene rings is 2. The van der Waals surface area contributed by atoms with E-state index in [0.29, 0.717) is 18.5 Å². The van der Waals surface area contributed by atoms with Crippen molar-refractivity contribution < 1.29 is 30.7 Å². The Morgan fingerprint density at radius 1 is 1.15 bits per heavy atom. The maximum Gasteiger partial charge on any atom is 0.211 e. The largest absolute Gasteiger partial charge is 0.506 e. The van der Waals surface area contributed by atoms with Gasteiger partial charge in [0.2, 0.25) is 6.41 Å². The highest BCUT2D eigenvalue weighted by Crippen LogP contribution is 2.26. The average Bonchev–Trinajstić information content (AvgIpc) is 2.62. The second kappa shape index (κ2) is 11.9. The number of phenolic OH excluding ortho intramolecular Hbond substituents is 1. The number of hydrogen-bond acceptors (Lipinski definition) is 5. The van der Waals surface area contributed by atoms with E-state index < -0.39 is 6.10 Å². The summed E-state index contributed by atoms with van der Waals surface area (Å²) in [5.41, 5.74) is 2.07. The van der Waals surface area contributed by atoms with Crippen LogP contribution < -0.4 is 15.4 Å². The summed E-state index contributed by atoms with van der Waals surface area (Å²) in [6.07, 6.45) is 0.566. The Bertz CT molecular complexity index is 693. The third kappa shape index (κ3) is 7.24. The fourth-order valence-corrected chi connectivity index (χ4v) is 2.56. The number of amides is 1. The van der Waals surface area contributed by atoms with Crippen molar-refractivity contribution in [3.05, 3.63) is 53.6 Å². The van der Waals surface area contributed by atoms with E-state index in [1.807, 2.05) is 31.2 Å². The molecule has 0 fully saturated rings. The van der Waals surface area contributed by atoms with Gasteiger partial charge in [-0.3, -0.25) is 4.79 Å². The SMILES string of the molecule is COc1ccc(C[C@@H](C)NC[C@H](O)c2ccc(O)c(NC=O)c2)cc1.O.O. The standard InChI is InChI=1S/C19H24N2O4.2H2O/c1-13(9-14-3-6-16(25-2)7-4-14)20-11-19(24)15-5-8-18(23)17(10-15)21-12-22;;/h3-8,10,12-13,19-20,23-24H,9,11H2,1-2H3,(H,21,22);2*1H2/t13-,19+;;/m1../s1. The van der Waals surface area contributed by atoms with Crippen LogP contribution in [0, 0.1) is 0 Å². The molecule has 8 nitrogen and oxygen atoms in total. The zero-order chi connectivity index (χ0) is 18.2. The van der Waals surface area contributed by atoms with Gasteiger partial charge in [-0.25, -0.2) is 0 Å². The number of anilines is 1. The van der Waals surface area contributed by atoms with E-state index in [9.17, 15) is 15.0 Å². The first-order chi connectivity index (χ1) is 12.0. The number of ether oxygens (including phenoxy) is 1. The number of carbonyl (C=O) groups is 1. The predicted octanol–water partition coefficient (Wildman–Crippen LogP) is 0.574. The molecule has 1 amide bonds. The highest BCUT2D eigenvalue weighted by atomic mass is 16.5. The van der Waals surface area contributed by atoms with Crippen molar-refractivity contribution in [2.45, 2.75) is 25.5 Å². The van der Waals surface area contributed by atoms with Crippen LogP contribution in [0.4, 0.5) is 5.69 Å². The maximum absolute atomic E-state index is 10.5. The number of hydrogen-bond donors (Lipinski definition) is 4. The van der Waals surface area contributed by atoms with Gasteiger partial charge < -0.3 is 36.5 Å². The smallest absolute Gasteiger partial charge is 0.211 e. The lowest BCUT2D eigenvalue weighted by Gasteiger charge is -2.18. The van der Waals surface area contributed by atoms with E-state index in [0.717, 1.165) is 12.2 Å². The number of methoxy groups -OCH3 is 1. The first kappa shape index (κ1) is 24.4. The Morgan fingerprint density at radius 2 is 1.81 bits per heavy atom. The Kier molecular flexibility index (Phi) is 10.7. The summed E-state index contributed by atoms with van der Waals surface area (Å²) < 4.78 is 5.14. The Morgan fingerprint density at radius 3 is 2.41 bits per heavy atom. The summed E-state index contributed by atoms with van der Waals surface area (Å²) in [7, 11) is 1.64. The van der Waals surface area contributed by atoms with E-state index in [2.05, 4.69) is 10.6 Å². The van der Waals surface area contributed by atoms with Crippen LogP contribution in [-0.4, -0.2) is 47.3 Å². The van der Waals surface area contributed by atoms with Crippen molar-refractivity contribution >= 4 is 12.1 Å². The molecule has 2 aromatic rings. The normalized spacial score (nSPS) is 12.1. The van der Waals surface area contributed by atoms with Gasteiger partial charge in [-0.05, 0) is 48.7 Å². The molecule has 0 aromatic heterocycles. The topological polar surface area (TPSA) is 154 Å². The molecule has 8 heteroatoms. The highest BCUT2D eigenvalue weighted by Gasteiger charge is 2.12. The molecule has 150 valence electrons. The van der Waals surface area contributed by atoms with Crippen LogP contribution >= 0.6 is 0 Å². The van der Waals surface area contributed by atoms with Crippen LogP contribution in [0.15, 0.2) is 42.5 Å². The van der Waals surface area contributed by atoms with Crippen LogP contribution in [0.3, 0.4) is 0 Å². The number of aliphatic hydroxyl groups is 1. The lowest BCUT2D eigenvalue weighted by atomic mass is 10.1. The lowest BCUT2D eigenvalue weighted by Crippen LogP contribution is -2.32. The second-order valence-electron chi connectivity index (χ2n) is 5.92. The van der Waals surface area contributed by atoms with Crippen molar-refractivity contribution in [2.24, 2.45) is 0 Å². The van der Waals surface area contributed by atoms with E-state index in [1.165, 1.54) is 11.6 Å². The van der Waals surface area contributed by atoms with Gasteiger partial charge in [0.05, 0.1) is 18.9 Å². The number of phenols is 1. The third-order valence-corrected chi connectivity index (χ3v) is 3.98. The van der Waals surface area contributed by atoms with Gasteiger partial charge in [0.25, 0.3) is 0 Å². The molecule has 0 aliphatic carbocycles. The van der Waals surface area contributed by atoms with Crippen molar-refractivity contribution in [3.8, 4) is 11.5 Å². The number of carbonyl (C=O) groups excluding carboxylic acids is 1. The molecule has 2 atom stereocenters. The highest BCUT2D eigenvalue weighted by molar-refractivity contribution is 5.75. The monoisotopic (exact) mass is 380 g/mol. The van der Waals surface area contributed by atoms with Crippen molar-refractivity contribution in [3.63, 3.8) is 0 Å². The van der Waals surface area contributed by atoms with E-state index in [-0.39, 0.29) is 28.4 Å². The molecule has 0 saturated heterocycles. The van der Waals surface area contributed by atoms with E-state index in [1.54, 1.807) is 19.2 Å². The molecular formula is C19H28N2O6. The number of aromatic hydroxyl groups is 1. The Labute approximate surface area is 158 Å². The van der Waals surface area contributed by atoms with E-state index >= 15 is 0 Å². The molecule has 0 aliphatic rings. The number of rotatable bonds is 9. The van der Waals surface area contributed by atoms with Crippen LogP contribution in [0.25, 0.3) is 0 Å². The first-order valence-corrected chi connectivity index (χ1v) is 8.11. The summed E-state index contributed by atoms with van der Waals surface area (Å²) in [5, 5.41) is 25.6. The Hall–Kier alpha value is -2.65. The van der Waals surface area contributed by atoms with Crippen LogP contribution in [0.1, 0.15) is 24.2 Å². The Balaban J connectivity index is 0.00000338. The molecule has 0 bridgehead atoms. The van der Waals surface area contributed by atoms with Crippen molar-refractivity contribution in [1.29, 1.82) is 0 Å².